The van der Waals surface area contributed by atoms with Gasteiger partial charge in [-0.3, -0.25) is 4.79 Å². The third-order valence-electron chi connectivity index (χ3n) is 6.22. The second-order valence-electron chi connectivity index (χ2n) is 8.39. The molecule has 2 aliphatic rings. The van der Waals surface area contributed by atoms with Gasteiger partial charge in [0.05, 0.1) is 17.4 Å². The van der Waals surface area contributed by atoms with E-state index < -0.39 is 24.2 Å². The monoisotopic (exact) mass is 436 g/mol. The van der Waals surface area contributed by atoms with E-state index in [1.165, 1.54) is 0 Å². The maximum Gasteiger partial charge on any atom is 0.391 e. The molecule has 1 heterocycles. The zero-order chi connectivity index (χ0) is 22.1. The fourth-order valence-electron chi connectivity index (χ4n) is 4.38. The molecule has 3 nitrogen and oxygen atoms in total. The average molecular weight is 436 g/mol. The third kappa shape index (κ3) is 5.40. The van der Waals surface area contributed by atoms with E-state index in [2.05, 4.69) is 5.32 Å². The number of rotatable bonds is 3. The van der Waals surface area contributed by atoms with Crippen LogP contribution in [0, 0.1) is 18.8 Å². The van der Waals surface area contributed by atoms with Crippen LogP contribution >= 0.6 is 0 Å². The molecule has 0 bridgehead atoms. The molecule has 1 aliphatic carbocycles. The van der Waals surface area contributed by atoms with Crippen LogP contribution in [0.4, 0.5) is 32.0 Å². The number of benzene rings is 1. The van der Waals surface area contributed by atoms with Crippen molar-refractivity contribution in [1.29, 1.82) is 0 Å². The zero-order valence-electron chi connectivity index (χ0n) is 16.7. The van der Waals surface area contributed by atoms with Crippen molar-refractivity contribution < 1.29 is 31.1 Å². The Balaban J connectivity index is 1.66. The number of alkyl halides is 6. The molecule has 0 spiro atoms. The number of carbonyl (C=O) groups is 1. The van der Waals surface area contributed by atoms with E-state index in [1.54, 1.807) is 23.1 Å². The summed E-state index contributed by atoms with van der Waals surface area (Å²) in [6.07, 6.45) is -7.99. The largest absolute Gasteiger partial charge is 0.391 e. The highest BCUT2D eigenvalue weighted by Crippen LogP contribution is 2.38. The van der Waals surface area contributed by atoms with Crippen LogP contribution in [0.3, 0.4) is 0 Å². The summed E-state index contributed by atoms with van der Waals surface area (Å²) in [5.41, 5.74) is 1.76. The molecular formula is C21H26F6N2O. The molecule has 1 saturated carbocycles. The van der Waals surface area contributed by atoms with Gasteiger partial charge in [-0.15, -0.1) is 0 Å². The second-order valence-corrected chi connectivity index (χ2v) is 8.39. The van der Waals surface area contributed by atoms with Crippen molar-refractivity contribution in [1.82, 2.24) is 5.32 Å². The lowest BCUT2D eigenvalue weighted by atomic mass is 9.85. The molecule has 0 atom stereocenters. The normalized spacial score (nSPS) is 24.0. The molecule has 1 aromatic carbocycles. The Bertz CT molecular complexity index is 745. The number of carbonyl (C=O) groups excluding carboxylic acids is 1. The fraction of sp³-hybridized carbons (Fsp3) is 0.667. The highest BCUT2D eigenvalue weighted by molar-refractivity contribution is 6.00. The molecule has 1 saturated heterocycles. The van der Waals surface area contributed by atoms with Gasteiger partial charge in [0.25, 0.3) is 5.91 Å². The van der Waals surface area contributed by atoms with E-state index >= 15 is 0 Å². The number of halogens is 6. The smallest absolute Gasteiger partial charge is 0.371 e. The quantitative estimate of drug-likeness (QED) is 0.624. The molecule has 1 aromatic rings. The predicted octanol–water partition coefficient (Wildman–Crippen LogP) is 5.62. The van der Waals surface area contributed by atoms with Gasteiger partial charge in [-0.2, -0.15) is 26.3 Å². The van der Waals surface area contributed by atoms with Crippen LogP contribution in [-0.2, 0) is 0 Å². The van der Waals surface area contributed by atoms with E-state index in [0.717, 1.165) is 5.56 Å². The molecule has 9 heteroatoms. The lowest BCUT2D eigenvalue weighted by molar-refractivity contribution is -0.182. The summed E-state index contributed by atoms with van der Waals surface area (Å²) in [6.45, 7) is 2.21. The third-order valence-corrected chi connectivity index (χ3v) is 6.22. The second kappa shape index (κ2) is 8.67. The predicted molar refractivity (Wildman–Crippen MR) is 101 cm³/mol. The molecule has 0 aromatic heterocycles. The first kappa shape index (κ1) is 22.7. The van der Waals surface area contributed by atoms with Crippen molar-refractivity contribution in [3.63, 3.8) is 0 Å². The Hall–Kier alpha value is -1.93. The van der Waals surface area contributed by atoms with Gasteiger partial charge in [-0.05, 0) is 57.6 Å². The topological polar surface area (TPSA) is 32.3 Å². The summed E-state index contributed by atoms with van der Waals surface area (Å²) < 4.78 is 77.3. The van der Waals surface area contributed by atoms with Crippen molar-refractivity contribution in [3.8, 4) is 0 Å². The lowest BCUT2D eigenvalue weighted by Crippen LogP contribution is -2.42. The van der Waals surface area contributed by atoms with Crippen molar-refractivity contribution >= 4 is 11.6 Å². The van der Waals surface area contributed by atoms with E-state index in [4.69, 9.17) is 0 Å². The highest BCUT2D eigenvalue weighted by atomic mass is 19.4. The summed E-state index contributed by atoms with van der Waals surface area (Å²) in [7, 11) is 0. The minimum atomic E-state index is -4.21. The van der Waals surface area contributed by atoms with E-state index in [9.17, 15) is 31.1 Å². The molecule has 0 radical (unpaired) electrons. The van der Waals surface area contributed by atoms with Gasteiger partial charge >= 0.3 is 12.4 Å². The van der Waals surface area contributed by atoms with Gasteiger partial charge in [0, 0.05) is 24.8 Å². The van der Waals surface area contributed by atoms with Crippen molar-refractivity contribution in [2.45, 2.75) is 63.8 Å². The van der Waals surface area contributed by atoms with Gasteiger partial charge < -0.3 is 10.2 Å². The number of nitrogens with zero attached hydrogens (tertiary/aromatic N) is 1. The van der Waals surface area contributed by atoms with Gasteiger partial charge in [-0.25, -0.2) is 0 Å². The number of anilines is 1. The summed E-state index contributed by atoms with van der Waals surface area (Å²) in [5, 5.41) is 2.83. The Morgan fingerprint density at radius 3 is 1.97 bits per heavy atom. The maximum absolute atomic E-state index is 12.9. The fourth-order valence-corrected chi connectivity index (χ4v) is 4.38. The highest BCUT2D eigenvalue weighted by Gasteiger charge is 2.42. The minimum absolute atomic E-state index is 0.0138. The van der Waals surface area contributed by atoms with Crippen LogP contribution in [0.5, 0.6) is 0 Å². The van der Waals surface area contributed by atoms with Crippen molar-refractivity contribution in [3.05, 3.63) is 29.3 Å². The molecule has 0 unspecified atom stereocenters. The minimum Gasteiger partial charge on any atom is -0.371 e. The van der Waals surface area contributed by atoms with Crippen LogP contribution in [0.2, 0.25) is 0 Å². The number of piperidine rings is 1. The van der Waals surface area contributed by atoms with Gasteiger partial charge in [-0.1, -0.05) is 11.6 Å². The molecule has 168 valence electrons. The molecule has 2 fully saturated rings. The van der Waals surface area contributed by atoms with Crippen molar-refractivity contribution in [2.75, 3.05) is 18.0 Å². The first-order chi connectivity index (χ1) is 13.9. The van der Waals surface area contributed by atoms with E-state index in [-0.39, 0.29) is 63.6 Å². The molecule has 1 aliphatic heterocycles. The Morgan fingerprint density at radius 1 is 0.900 bits per heavy atom. The lowest BCUT2D eigenvalue weighted by Gasteiger charge is -2.35. The number of aryl methyl sites for hydroxylation is 1. The zero-order valence-corrected chi connectivity index (χ0v) is 16.7. The van der Waals surface area contributed by atoms with Crippen LogP contribution in [0.1, 0.15) is 54.4 Å². The average Bonchev–Trinajstić information content (AvgIpc) is 2.67. The van der Waals surface area contributed by atoms with Crippen molar-refractivity contribution in [2.24, 2.45) is 11.8 Å². The van der Waals surface area contributed by atoms with E-state index in [0.29, 0.717) is 11.3 Å². The van der Waals surface area contributed by atoms with Crippen LogP contribution < -0.4 is 10.2 Å². The number of hydrogen-bond acceptors (Lipinski definition) is 2. The van der Waals surface area contributed by atoms with Gasteiger partial charge in [0.1, 0.15) is 0 Å². The molecule has 3 rings (SSSR count). The van der Waals surface area contributed by atoms with Gasteiger partial charge in [0.2, 0.25) is 0 Å². The first-order valence-electron chi connectivity index (χ1n) is 10.2. The Labute approximate surface area is 171 Å². The standard InChI is InChI=1S/C21H26F6N2O/c1-13-2-7-18(29-10-8-15(9-11-29)21(25,26)27)17(12-13)19(30)28-16-5-3-14(4-6-16)20(22,23)24/h2,7,12,14-16H,3-6,8-11H2,1H3,(H,28,30). The first-order valence-corrected chi connectivity index (χ1v) is 10.2. The Kier molecular flexibility index (Phi) is 6.57. The molecule has 1 amide bonds. The van der Waals surface area contributed by atoms with Crippen LogP contribution in [-0.4, -0.2) is 37.4 Å². The molecule has 30 heavy (non-hydrogen) atoms. The summed E-state index contributed by atoms with van der Waals surface area (Å²) in [6, 6.07) is 4.89. The summed E-state index contributed by atoms with van der Waals surface area (Å²) in [5.74, 6) is -3.04. The van der Waals surface area contributed by atoms with Crippen LogP contribution in [0.15, 0.2) is 18.2 Å². The van der Waals surface area contributed by atoms with Gasteiger partial charge in [0.15, 0.2) is 0 Å². The maximum atomic E-state index is 12.9. The molecular weight excluding hydrogens is 410 g/mol. The molecule has 1 N–H and O–H groups in total. The number of hydrogen-bond donors (Lipinski definition) is 1. The SMILES string of the molecule is Cc1ccc(N2CCC(C(F)(F)F)CC2)c(C(=O)NC2CCC(C(F)(F)F)CC2)c1. The Morgan fingerprint density at radius 2 is 1.43 bits per heavy atom. The summed E-state index contributed by atoms with van der Waals surface area (Å²) >= 11 is 0. The summed E-state index contributed by atoms with van der Waals surface area (Å²) in [4.78, 5) is 14.7. The number of nitrogens with one attached hydrogen (secondary N) is 1. The number of amides is 1. The van der Waals surface area contributed by atoms with Crippen LogP contribution in [0.25, 0.3) is 0 Å². The van der Waals surface area contributed by atoms with E-state index in [1.807, 2.05) is 6.92 Å².